The van der Waals surface area contributed by atoms with Crippen molar-refractivity contribution in [3.63, 3.8) is 0 Å². The molecule has 7 heteroatoms. The molecule has 0 aliphatic carbocycles. The molecule has 0 saturated carbocycles. The number of nitrogens with zero attached hydrogens (tertiary/aromatic N) is 1. The maximum Gasteiger partial charge on any atom is 0.322 e. The van der Waals surface area contributed by atoms with E-state index in [1.165, 1.54) is 0 Å². The summed E-state index contributed by atoms with van der Waals surface area (Å²) in [7, 11) is 0. The summed E-state index contributed by atoms with van der Waals surface area (Å²) in [6.07, 6.45) is 0. The number of carbonyl (C=O) groups is 3. The van der Waals surface area contributed by atoms with Crippen LogP contribution in [-0.4, -0.2) is 48.9 Å². The van der Waals surface area contributed by atoms with Crippen molar-refractivity contribution in [2.75, 3.05) is 26.2 Å². The Labute approximate surface area is 128 Å². The largest absolute Gasteiger partial charge is 0.336 e. The third kappa shape index (κ3) is 2.43. The molecule has 2 fully saturated rings. The Morgan fingerprint density at radius 2 is 1.77 bits per heavy atom. The number of imide groups is 1. The standard InChI is InChI=1S/C15H18N4O3/c1-15(13(21)17-14(22)18-15)11-4-2-10(3-5-11)12(20)19-8-6-16-7-9-19/h2-5,16H,6-9H2,1H3,(H2,17,18,21,22)/t15-/m0/s1. The van der Waals surface area contributed by atoms with Crippen molar-refractivity contribution in [3.8, 4) is 0 Å². The van der Waals surface area contributed by atoms with E-state index in [0.29, 0.717) is 24.2 Å². The van der Waals surface area contributed by atoms with Crippen LogP contribution in [0.1, 0.15) is 22.8 Å². The molecule has 3 N–H and O–H groups in total. The number of carbonyl (C=O) groups excluding carboxylic acids is 3. The van der Waals surface area contributed by atoms with Crippen LogP contribution in [0.4, 0.5) is 4.79 Å². The highest BCUT2D eigenvalue weighted by Gasteiger charge is 2.43. The molecule has 0 aromatic heterocycles. The third-order valence-corrected chi connectivity index (χ3v) is 4.16. The van der Waals surface area contributed by atoms with E-state index >= 15 is 0 Å². The average molecular weight is 302 g/mol. The number of amides is 4. The van der Waals surface area contributed by atoms with E-state index in [2.05, 4.69) is 16.0 Å². The maximum absolute atomic E-state index is 12.4. The van der Waals surface area contributed by atoms with E-state index in [1.807, 2.05) is 0 Å². The summed E-state index contributed by atoms with van der Waals surface area (Å²) in [6.45, 7) is 4.62. The fourth-order valence-electron chi connectivity index (χ4n) is 2.74. The van der Waals surface area contributed by atoms with E-state index in [9.17, 15) is 14.4 Å². The minimum Gasteiger partial charge on any atom is -0.336 e. The maximum atomic E-state index is 12.4. The van der Waals surface area contributed by atoms with Crippen LogP contribution < -0.4 is 16.0 Å². The van der Waals surface area contributed by atoms with Gasteiger partial charge in [-0.1, -0.05) is 12.1 Å². The van der Waals surface area contributed by atoms with Gasteiger partial charge in [-0.15, -0.1) is 0 Å². The molecular formula is C15H18N4O3. The summed E-state index contributed by atoms with van der Waals surface area (Å²) in [4.78, 5) is 37.4. The molecule has 0 spiro atoms. The molecule has 3 rings (SSSR count). The summed E-state index contributed by atoms with van der Waals surface area (Å²) in [5, 5.41) is 8.03. The van der Waals surface area contributed by atoms with Crippen molar-refractivity contribution in [2.24, 2.45) is 0 Å². The van der Waals surface area contributed by atoms with Gasteiger partial charge in [-0.25, -0.2) is 4.79 Å². The zero-order valence-electron chi connectivity index (χ0n) is 12.3. The summed E-state index contributed by atoms with van der Waals surface area (Å²) in [5.74, 6) is -0.406. The average Bonchev–Trinajstić information content (AvgIpc) is 2.81. The van der Waals surface area contributed by atoms with Crippen LogP contribution >= 0.6 is 0 Å². The van der Waals surface area contributed by atoms with Crippen molar-refractivity contribution in [1.29, 1.82) is 0 Å². The van der Waals surface area contributed by atoms with Crippen molar-refractivity contribution >= 4 is 17.8 Å². The van der Waals surface area contributed by atoms with E-state index in [-0.39, 0.29) is 5.91 Å². The third-order valence-electron chi connectivity index (χ3n) is 4.16. The summed E-state index contributed by atoms with van der Waals surface area (Å²) in [6, 6.07) is 6.31. The predicted octanol–water partition coefficient (Wildman–Crippen LogP) is -0.213. The number of rotatable bonds is 2. The molecule has 2 saturated heterocycles. The van der Waals surface area contributed by atoms with E-state index in [1.54, 1.807) is 36.1 Å². The molecule has 116 valence electrons. The Bertz CT molecular complexity index is 622. The molecule has 1 atom stereocenters. The first kappa shape index (κ1) is 14.5. The van der Waals surface area contributed by atoms with Gasteiger partial charge in [0.2, 0.25) is 0 Å². The zero-order chi connectivity index (χ0) is 15.7. The van der Waals surface area contributed by atoms with Gasteiger partial charge in [-0.3, -0.25) is 14.9 Å². The molecule has 0 unspecified atom stereocenters. The van der Waals surface area contributed by atoms with Crippen LogP contribution in [0.25, 0.3) is 0 Å². The van der Waals surface area contributed by atoms with E-state index in [4.69, 9.17) is 0 Å². The second-order valence-electron chi connectivity index (χ2n) is 5.65. The molecule has 4 amide bonds. The van der Waals surface area contributed by atoms with Crippen molar-refractivity contribution in [1.82, 2.24) is 20.9 Å². The van der Waals surface area contributed by atoms with Gasteiger partial charge in [0.25, 0.3) is 11.8 Å². The van der Waals surface area contributed by atoms with Gasteiger partial charge in [0, 0.05) is 31.7 Å². The molecule has 0 radical (unpaired) electrons. The van der Waals surface area contributed by atoms with Crippen LogP contribution in [-0.2, 0) is 10.3 Å². The molecular weight excluding hydrogens is 284 g/mol. The summed E-state index contributed by atoms with van der Waals surface area (Å²) < 4.78 is 0. The second-order valence-corrected chi connectivity index (χ2v) is 5.65. The highest BCUT2D eigenvalue weighted by atomic mass is 16.2. The first-order valence-corrected chi connectivity index (χ1v) is 7.25. The fourth-order valence-corrected chi connectivity index (χ4v) is 2.74. The van der Waals surface area contributed by atoms with E-state index < -0.39 is 17.5 Å². The Kier molecular flexibility index (Phi) is 3.58. The van der Waals surface area contributed by atoms with Crippen LogP contribution in [0.5, 0.6) is 0 Å². The first-order valence-electron chi connectivity index (χ1n) is 7.25. The van der Waals surface area contributed by atoms with E-state index in [0.717, 1.165) is 13.1 Å². The highest BCUT2D eigenvalue weighted by molar-refractivity contribution is 6.07. The van der Waals surface area contributed by atoms with Gasteiger partial charge >= 0.3 is 6.03 Å². The molecule has 1 aromatic carbocycles. The normalized spacial score (nSPS) is 24.9. The highest BCUT2D eigenvalue weighted by Crippen LogP contribution is 2.24. The number of benzene rings is 1. The summed E-state index contributed by atoms with van der Waals surface area (Å²) >= 11 is 0. The number of nitrogens with one attached hydrogen (secondary N) is 3. The molecule has 1 aromatic rings. The van der Waals surface area contributed by atoms with Gasteiger partial charge in [0.1, 0.15) is 5.54 Å². The van der Waals surface area contributed by atoms with Crippen LogP contribution in [0.15, 0.2) is 24.3 Å². The molecule has 7 nitrogen and oxygen atoms in total. The SMILES string of the molecule is C[C@@]1(c2ccc(C(=O)N3CCNCC3)cc2)NC(=O)NC1=O. The Hall–Kier alpha value is -2.41. The lowest BCUT2D eigenvalue weighted by molar-refractivity contribution is -0.123. The number of piperazine rings is 1. The smallest absolute Gasteiger partial charge is 0.322 e. The Morgan fingerprint density at radius 1 is 1.14 bits per heavy atom. The number of hydrogen-bond donors (Lipinski definition) is 3. The van der Waals surface area contributed by atoms with Gasteiger partial charge in [-0.2, -0.15) is 0 Å². The second kappa shape index (κ2) is 5.42. The van der Waals surface area contributed by atoms with Crippen molar-refractivity contribution in [3.05, 3.63) is 35.4 Å². The molecule has 2 aliphatic rings. The molecule has 22 heavy (non-hydrogen) atoms. The molecule has 2 aliphatic heterocycles. The Balaban J connectivity index is 1.79. The fraction of sp³-hybridized carbons (Fsp3) is 0.400. The van der Waals surface area contributed by atoms with Crippen molar-refractivity contribution < 1.29 is 14.4 Å². The van der Waals surface area contributed by atoms with Gasteiger partial charge in [0.15, 0.2) is 0 Å². The first-order chi connectivity index (χ1) is 10.5. The lowest BCUT2D eigenvalue weighted by Crippen LogP contribution is -2.46. The lowest BCUT2D eigenvalue weighted by atomic mass is 9.91. The number of urea groups is 1. The van der Waals surface area contributed by atoms with Gasteiger partial charge in [-0.05, 0) is 24.6 Å². The predicted molar refractivity (Wildman–Crippen MR) is 79.2 cm³/mol. The van der Waals surface area contributed by atoms with Crippen LogP contribution in [0, 0.1) is 0 Å². The Morgan fingerprint density at radius 3 is 2.32 bits per heavy atom. The van der Waals surface area contributed by atoms with Crippen LogP contribution in [0.3, 0.4) is 0 Å². The zero-order valence-corrected chi connectivity index (χ0v) is 12.3. The minimum atomic E-state index is -1.09. The monoisotopic (exact) mass is 302 g/mol. The molecule has 2 heterocycles. The van der Waals surface area contributed by atoms with Crippen molar-refractivity contribution in [2.45, 2.75) is 12.5 Å². The molecule has 0 bridgehead atoms. The number of hydrogen-bond acceptors (Lipinski definition) is 4. The quantitative estimate of drug-likeness (QED) is 0.659. The van der Waals surface area contributed by atoms with Gasteiger partial charge in [0.05, 0.1) is 0 Å². The minimum absolute atomic E-state index is 0.0156. The lowest BCUT2D eigenvalue weighted by Gasteiger charge is -2.27. The summed E-state index contributed by atoms with van der Waals surface area (Å²) in [5.41, 5.74) is 0.139. The van der Waals surface area contributed by atoms with Gasteiger partial charge < -0.3 is 15.5 Å². The van der Waals surface area contributed by atoms with Crippen LogP contribution in [0.2, 0.25) is 0 Å². The topological polar surface area (TPSA) is 90.5 Å².